The van der Waals surface area contributed by atoms with E-state index in [0.29, 0.717) is 19.8 Å². The molecule has 1 rings (SSSR count). The zero-order valence-electron chi connectivity index (χ0n) is 18.8. The molecule has 0 atom stereocenters. The Labute approximate surface area is 171 Å². The van der Waals surface area contributed by atoms with Crippen molar-refractivity contribution in [3.63, 3.8) is 0 Å². The summed E-state index contributed by atoms with van der Waals surface area (Å²) in [5, 5.41) is 0. The summed E-state index contributed by atoms with van der Waals surface area (Å²) in [6.07, 6.45) is 6.74. The number of ether oxygens (including phenoxy) is 2. The average Bonchev–Trinajstić information content (AvgIpc) is 2.86. The molecule has 0 saturated carbocycles. The first-order valence-corrected chi connectivity index (χ1v) is 10.5. The number of rotatable bonds is 13. The summed E-state index contributed by atoms with van der Waals surface area (Å²) in [4.78, 5) is 26.8. The first kappa shape index (κ1) is 24.8. The van der Waals surface area contributed by atoms with Crippen LogP contribution in [0.4, 0.5) is 0 Å². The van der Waals surface area contributed by atoms with Gasteiger partial charge in [-0.15, -0.1) is 0 Å². The van der Waals surface area contributed by atoms with Gasteiger partial charge in [-0.2, -0.15) is 0 Å². The number of hydrogen-bond donors (Lipinski definition) is 0. The van der Waals surface area contributed by atoms with Gasteiger partial charge in [0.15, 0.2) is 0 Å². The van der Waals surface area contributed by atoms with Gasteiger partial charge in [-0.1, -0.05) is 12.8 Å². The molecule has 6 nitrogen and oxygen atoms in total. The number of nitrogens with zero attached hydrogens (tertiary/aromatic N) is 2. The molecule has 0 fully saturated rings. The van der Waals surface area contributed by atoms with Gasteiger partial charge < -0.3 is 9.47 Å². The van der Waals surface area contributed by atoms with Crippen molar-refractivity contribution in [1.82, 2.24) is 9.80 Å². The fourth-order valence-electron chi connectivity index (χ4n) is 2.91. The lowest BCUT2D eigenvalue weighted by Gasteiger charge is -2.27. The summed E-state index contributed by atoms with van der Waals surface area (Å²) in [6, 6.07) is 0. The number of unbranched alkanes of at least 4 members (excludes halogenated alkanes) is 3. The van der Waals surface area contributed by atoms with E-state index >= 15 is 0 Å². The molecule has 0 aromatic heterocycles. The highest BCUT2D eigenvalue weighted by Gasteiger charge is 2.22. The maximum absolute atomic E-state index is 11.5. The predicted octanol–water partition coefficient (Wildman–Crippen LogP) is 3.40. The highest BCUT2D eigenvalue weighted by molar-refractivity contribution is 6.12. The van der Waals surface area contributed by atoms with Crippen LogP contribution in [0.1, 0.15) is 67.2 Å². The van der Waals surface area contributed by atoms with Crippen LogP contribution >= 0.6 is 0 Å². The van der Waals surface area contributed by atoms with E-state index in [-0.39, 0.29) is 23.0 Å². The minimum atomic E-state index is -0.186. The molecule has 0 saturated heterocycles. The second-order valence-electron chi connectivity index (χ2n) is 9.34. The van der Waals surface area contributed by atoms with Gasteiger partial charge >= 0.3 is 0 Å². The number of imide groups is 1. The second kappa shape index (κ2) is 11.7. The summed E-state index contributed by atoms with van der Waals surface area (Å²) < 4.78 is 11.7. The van der Waals surface area contributed by atoms with Crippen LogP contribution in [0, 0.1) is 0 Å². The van der Waals surface area contributed by atoms with Crippen molar-refractivity contribution in [3.8, 4) is 0 Å². The van der Waals surface area contributed by atoms with Crippen LogP contribution < -0.4 is 0 Å². The fourth-order valence-corrected chi connectivity index (χ4v) is 2.91. The molecule has 0 aromatic rings. The normalized spacial score (nSPS) is 15.3. The highest BCUT2D eigenvalue weighted by atomic mass is 16.5. The molecule has 0 aliphatic carbocycles. The van der Waals surface area contributed by atoms with Crippen LogP contribution in [0.25, 0.3) is 0 Å². The zero-order valence-corrected chi connectivity index (χ0v) is 18.8. The van der Waals surface area contributed by atoms with Crippen molar-refractivity contribution >= 4 is 11.8 Å². The molecule has 2 amide bonds. The quantitative estimate of drug-likeness (QED) is 0.353. The van der Waals surface area contributed by atoms with E-state index in [4.69, 9.17) is 9.47 Å². The lowest BCUT2D eigenvalue weighted by atomic mass is 10.1. The van der Waals surface area contributed by atoms with Crippen LogP contribution in [0.3, 0.4) is 0 Å². The smallest absolute Gasteiger partial charge is 0.253 e. The van der Waals surface area contributed by atoms with Crippen molar-refractivity contribution in [3.05, 3.63) is 12.2 Å². The van der Waals surface area contributed by atoms with Crippen molar-refractivity contribution in [2.45, 2.75) is 78.4 Å². The van der Waals surface area contributed by atoms with Crippen molar-refractivity contribution in [2.75, 3.05) is 39.4 Å². The summed E-state index contributed by atoms with van der Waals surface area (Å²) in [5.41, 5.74) is -0.236. The fraction of sp³-hybridized carbons (Fsp3) is 0.818. The summed E-state index contributed by atoms with van der Waals surface area (Å²) in [6.45, 7) is 17.2. The Kier molecular flexibility index (Phi) is 10.4. The molecule has 0 radical (unpaired) electrons. The molecular weight excluding hydrogens is 356 g/mol. The number of carbonyl (C=O) groups is 2. The lowest BCUT2D eigenvalue weighted by molar-refractivity contribution is -0.136. The Hall–Kier alpha value is -1.24. The van der Waals surface area contributed by atoms with E-state index < -0.39 is 0 Å². The maximum atomic E-state index is 11.5. The van der Waals surface area contributed by atoms with Crippen LogP contribution in [0.5, 0.6) is 0 Å². The second-order valence-corrected chi connectivity index (χ2v) is 9.34. The number of hydrogen-bond acceptors (Lipinski definition) is 5. The van der Waals surface area contributed by atoms with E-state index in [1.165, 1.54) is 17.1 Å². The van der Waals surface area contributed by atoms with Crippen molar-refractivity contribution < 1.29 is 19.1 Å². The number of amides is 2. The minimum absolute atomic E-state index is 0.118. The molecule has 0 spiro atoms. The van der Waals surface area contributed by atoms with Gasteiger partial charge in [0.05, 0.1) is 24.4 Å². The van der Waals surface area contributed by atoms with Crippen LogP contribution in [0.2, 0.25) is 0 Å². The zero-order chi connectivity index (χ0) is 21.2. The molecule has 0 N–H and O–H groups in total. The Morgan fingerprint density at radius 3 is 1.68 bits per heavy atom. The third-order valence-corrected chi connectivity index (χ3v) is 4.39. The molecule has 1 heterocycles. The summed E-state index contributed by atoms with van der Waals surface area (Å²) >= 11 is 0. The Balaban J connectivity index is 2.24. The Morgan fingerprint density at radius 2 is 1.21 bits per heavy atom. The van der Waals surface area contributed by atoms with E-state index in [9.17, 15) is 9.59 Å². The van der Waals surface area contributed by atoms with E-state index in [1.54, 1.807) is 0 Å². The molecule has 0 unspecified atom stereocenters. The highest BCUT2D eigenvalue weighted by Crippen LogP contribution is 2.10. The topological polar surface area (TPSA) is 59.1 Å². The van der Waals surface area contributed by atoms with Crippen molar-refractivity contribution in [1.29, 1.82) is 0 Å². The Morgan fingerprint density at radius 1 is 0.750 bits per heavy atom. The monoisotopic (exact) mass is 396 g/mol. The molecular formula is C22H40N2O4. The molecule has 0 aromatic carbocycles. The SMILES string of the molecule is CC(C)(C)OCCN(CCCCCCN1C(=O)C=CC1=O)CCOC(C)(C)C. The molecule has 28 heavy (non-hydrogen) atoms. The predicted molar refractivity (Wildman–Crippen MR) is 112 cm³/mol. The lowest BCUT2D eigenvalue weighted by Crippen LogP contribution is -2.35. The van der Waals surface area contributed by atoms with E-state index in [2.05, 4.69) is 46.4 Å². The van der Waals surface area contributed by atoms with Gasteiger partial charge in [-0.25, -0.2) is 0 Å². The summed E-state index contributed by atoms with van der Waals surface area (Å²) in [5.74, 6) is -0.372. The van der Waals surface area contributed by atoms with Crippen molar-refractivity contribution in [2.24, 2.45) is 0 Å². The van der Waals surface area contributed by atoms with E-state index in [0.717, 1.165) is 45.3 Å². The largest absolute Gasteiger partial charge is 0.375 e. The first-order valence-electron chi connectivity index (χ1n) is 10.5. The van der Waals surface area contributed by atoms with Gasteiger partial charge in [0.1, 0.15) is 0 Å². The minimum Gasteiger partial charge on any atom is -0.375 e. The molecule has 1 aliphatic heterocycles. The molecule has 6 heteroatoms. The number of carbonyl (C=O) groups excluding carboxylic acids is 2. The Bertz CT molecular complexity index is 480. The van der Waals surface area contributed by atoms with Crippen LogP contribution in [0.15, 0.2) is 12.2 Å². The maximum Gasteiger partial charge on any atom is 0.253 e. The van der Waals surface area contributed by atoms with E-state index in [1.807, 2.05) is 0 Å². The average molecular weight is 397 g/mol. The third-order valence-electron chi connectivity index (χ3n) is 4.39. The first-order chi connectivity index (χ1) is 13.0. The van der Waals surface area contributed by atoms with Gasteiger partial charge in [0.25, 0.3) is 11.8 Å². The van der Waals surface area contributed by atoms with Gasteiger partial charge in [-0.3, -0.25) is 19.4 Å². The van der Waals surface area contributed by atoms with Gasteiger partial charge in [0, 0.05) is 31.8 Å². The van der Waals surface area contributed by atoms with Gasteiger partial charge in [0.2, 0.25) is 0 Å². The van der Waals surface area contributed by atoms with Crippen LogP contribution in [-0.4, -0.2) is 72.2 Å². The third kappa shape index (κ3) is 11.6. The summed E-state index contributed by atoms with van der Waals surface area (Å²) in [7, 11) is 0. The molecule has 1 aliphatic rings. The van der Waals surface area contributed by atoms with Gasteiger partial charge in [-0.05, 0) is 60.9 Å². The molecule has 162 valence electrons. The van der Waals surface area contributed by atoms with Crippen LogP contribution in [-0.2, 0) is 19.1 Å². The standard InChI is InChI=1S/C22H40N2O4/c1-21(2,3)27-17-15-23(16-18-28-22(4,5)6)13-9-7-8-10-14-24-19(25)11-12-20(24)26/h11-12H,7-10,13-18H2,1-6H3. The molecule has 0 bridgehead atoms.